The Labute approximate surface area is 101 Å². The number of hydrogen-bond acceptors (Lipinski definition) is 5. The van der Waals surface area contributed by atoms with Crippen molar-refractivity contribution in [2.75, 3.05) is 32.8 Å². The summed E-state index contributed by atoms with van der Waals surface area (Å²) < 4.78 is 5.29. The fraction of sp³-hybridized carbons (Fsp3) is 0.818. The van der Waals surface area contributed by atoms with E-state index >= 15 is 0 Å². The first-order chi connectivity index (χ1) is 8.25. The molecule has 6 nitrogen and oxygen atoms in total. The van der Waals surface area contributed by atoms with Crippen LogP contribution in [0.5, 0.6) is 0 Å². The molecule has 0 aromatic heterocycles. The molecule has 2 rings (SSSR count). The average molecular weight is 241 g/mol. The first-order valence-electron chi connectivity index (χ1n) is 6.17. The van der Waals surface area contributed by atoms with E-state index < -0.39 is 0 Å². The Morgan fingerprint density at radius 2 is 2.29 bits per heavy atom. The van der Waals surface area contributed by atoms with Gasteiger partial charge in [-0.2, -0.15) is 0 Å². The zero-order valence-electron chi connectivity index (χ0n) is 9.93. The summed E-state index contributed by atoms with van der Waals surface area (Å²) in [5.74, 6) is 1.13. The molecule has 2 fully saturated rings. The molecule has 6 heteroatoms. The third kappa shape index (κ3) is 3.59. The van der Waals surface area contributed by atoms with E-state index in [1.165, 1.54) is 0 Å². The van der Waals surface area contributed by atoms with Gasteiger partial charge in [-0.05, 0) is 19.3 Å². The molecule has 2 aliphatic heterocycles. The highest BCUT2D eigenvalue weighted by atomic mass is 16.6. The summed E-state index contributed by atoms with van der Waals surface area (Å²) in [6.45, 7) is 4.15. The van der Waals surface area contributed by atoms with Gasteiger partial charge in [0.05, 0.1) is 11.5 Å². The van der Waals surface area contributed by atoms with Gasteiger partial charge in [0.2, 0.25) is 0 Å². The van der Waals surface area contributed by atoms with Crippen molar-refractivity contribution >= 4 is 0 Å². The molecular formula is C11H19N3O3. The summed E-state index contributed by atoms with van der Waals surface area (Å²) in [5.41, 5.74) is 0. The van der Waals surface area contributed by atoms with E-state index in [2.05, 4.69) is 10.2 Å². The van der Waals surface area contributed by atoms with Gasteiger partial charge in [-0.3, -0.25) is 10.1 Å². The molecule has 0 amide bonds. The van der Waals surface area contributed by atoms with Gasteiger partial charge in [-0.15, -0.1) is 0 Å². The molecule has 1 N–H and O–H groups in total. The fourth-order valence-electron chi connectivity index (χ4n) is 2.29. The Balaban J connectivity index is 1.88. The Morgan fingerprint density at radius 1 is 1.53 bits per heavy atom. The summed E-state index contributed by atoms with van der Waals surface area (Å²) >= 11 is 0. The van der Waals surface area contributed by atoms with Crippen LogP contribution in [0, 0.1) is 16.0 Å². The van der Waals surface area contributed by atoms with E-state index in [0.717, 1.165) is 58.3 Å². The van der Waals surface area contributed by atoms with Crippen LogP contribution < -0.4 is 5.32 Å². The lowest BCUT2D eigenvalue weighted by molar-refractivity contribution is -0.404. The van der Waals surface area contributed by atoms with E-state index in [1.807, 2.05) is 0 Å². The third-order valence-corrected chi connectivity index (χ3v) is 3.27. The fourth-order valence-corrected chi connectivity index (χ4v) is 2.29. The van der Waals surface area contributed by atoms with Crippen molar-refractivity contribution in [1.29, 1.82) is 0 Å². The average Bonchev–Trinajstić information content (AvgIpc) is 2.96. The Kier molecular flexibility index (Phi) is 4.19. The molecular weight excluding hydrogens is 222 g/mol. The molecule has 96 valence electrons. The van der Waals surface area contributed by atoms with E-state index in [1.54, 1.807) is 0 Å². The molecule has 1 atom stereocenters. The molecule has 0 radical (unpaired) electrons. The predicted octanol–water partition coefficient (Wildman–Crippen LogP) is 0.784. The van der Waals surface area contributed by atoms with E-state index in [4.69, 9.17) is 4.74 Å². The Hall–Kier alpha value is -1.30. The largest absolute Gasteiger partial charge is 0.381 e. The molecule has 17 heavy (non-hydrogen) atoms. The number of likely N-dealkylation sites (tertiary alicyclic amines) is 1. The molecule has 0 aromatic rings. The molecule has 0 bridgehead atoms. The van der Waals surface area contributed by atoms with Crippen LogP contribution in [0.15, 0.2) is 12.0 Å². The maximum atomic E-state index is 10.6. The summed E-state index contributed by atoms with van der Waals surface area (Å²) in [4.78, 5) is 12.3. The molecule has 0 spiro atoms. The van der Waals surface area contributed by atoms with Gasteiger partial charge in [0, 0.05) is 32.2 Å². The number of nitro groups is 1. The second-order valence-corrected chi connectivity index (χ2v) is 4.60. The molecule has 2 aliphatic rings. The van der Waals surface area contributed by atoms with Gasteiger partial charge >= 0.3 is 0 Å². The summed E-state index contributed by atoms with van der Waals surface area (Å²) in [6.07, 6.45) is 4.35. The zero-order valence-corrected chi connectivity index (χ0v) is 9.93. The van der Waals surface area contributed by atoms with Crippen LogP contribution in [0.25, 0.3) is 0 Å². The standard InChI is InChI=1S/C11H19N3O3/c15-14(16)8-11(13-4-1-2-5-13)12-7-10-3-6-17-9-10/h8,10,12H,1-7,9H2/b11-8-. The van der Waals surface area contributed by atoms with Crippen molar-refractivity contribution in [2.45, 2.75) is 19.3 Å². The maximum Gasteiger partial charge on any atom is 0.274 e. The molecule has 0 aliphatic carbocycles. The van der Waals surface area contributed by atoms with Crippen LogP contribution in [0.2, 0.25) is 0 Å². The zero-order chi connectivity index (χ0) is 12.1. The van der Waals surface area contributed by atoms with Crippen LogP contribution in [-0.4, -0.2) is 42.7 Å². The summed E-state index contributed by atoms with van der Waals surface area (Å²) in [7, 11) is 0. The van der Waals surface area contributed by atoms with E-state index in [-0.39, 0.29) is 4.92 Å². The highest BCUT2D eigenvalue weighted by Gasteiger charge is 2.20. The monoisotopic (exact) mass is 241 g/mol. The first-order valence-corrected chi connectivity index (χ1v) is 6.17. The summed E-state index contributed by atoms with van der Waals surface area (Å²) in [5, 5.41) is 13.8. The van der Waals surface area contributed by atoms with Crippen LogP contribution >= 0.6 is 0 Å². The molecule has 1 unspecified atom stereocenters. The lowest BCUT2D eigenvalue weighted by atomic mass is 10.1. The minimum atomic E-state index is -0.383. The molecule has 2 saturated heterocycles. The van der Waals surface area contributed by atoms with E-state index in [9.17, 15) is 10.1 Å². The van der Waals surface area contributed by atoms with Crippen molar-refractivity contribution in [2.24, 2.45) is 5.92 Å². The van der Waals surface area contributed by atoms with Crippen molar-refractivity contribution < 1.29 is 9.66 Å². The Morgan fingerprint density at radius 3 is 2.88 bits per heavy atom. The van der Waals surface area contributed by atoms with Gasteiger partial charge in [0.15, 0.2) is 5.82 Å². The lowest BCUT2D eigenvalue weighted by Gasteiger charge is -2.21. The van der Waals surface area contributed by atoms with Gasteiger partial charge in [-0.25, -0.2) is 0 Å². The van der Waals surface area contributed by atoms with Crippen molar-refractivity contribution in [1.82, 2.24) is 10.2 Å². The van der Waals surface area contributed by atoms with Crippen molar-refractivity contribution in [3.8, 4) is 0 Å². The smallest absolute Gasteiger partial charge is 0.274 e. The molecule has 0 saturated carbocycles. The van der Waals surface area contributed by atoms with E-state index in [0.29, 0.717) is 11.7 Å². The maximum absolute atomic E-state index is 10.6. The number of rotatable bonds is 5. The topological polar surface area (TPSA) is 67.6 Å². The highest BCUT2D eigenvalue weighted by molar-refractivity contribution is 4.97. The highest BCUT2D eigenvalue weighted by Crippen LogP contribution is 2.15. The second kappa shape index (κ2) is 5.86. The SMILES string of the molecule is O=[N+]([O-])/C=C(/NCC1CCOC1)N1CCCC1. The van der Waals surface area contributed by atoms with Crippen molar-refractivity contribution in [3.05, 3.63) is 22.1 Å². The minimum Gasteiger partial charge on any atom is -0.381 e. The van der Waals surface area contributed by atoms with Gasteiger partial charge in [0.1, 0.15) is 0 Å². The van der Waals surface area contributed by atoms with Crippen LogP contribution in [0.1, 0.15) is 19.3 Å². The van der Waals surface area contributed by atoms with Crippen LogP contribution in [-0.2, 0) is 4.74 Å². The lowest BCUT2D eigenvalue weighted by Crippen LogP contribution is -2.33. The van der Waals surface area contributed by atoms with Crippen molar-refractivity contribution in [3.63, 3.8) is 0 Å². The Bertz CT molecular complexity index is 294. The van der Waals surface area contributed by atoms with Gasteiger partial charge in [0.25, 0.3) is 6.20 Å². The first kappa shape index (κ1) is 12.2. The van der Waals surface area contributed by atoms with Gasteiger partial charge < -0.3 is 15.0 Å². The van der Waals surface area contributed by atoms with Crippen LogP contribution in [0.4, 0.5) is 0 Å². The number of nitrogens with one attached hydrogen (secondary N) is 1. The number of hydrogen-bond donors (Lipinski definition) is 1. The minimum absolute atomic E-state index is 0.383. The quantitative estimate of drug-likeness (QED) is 0.569. The number of nitrogens with zero attached hydrogens (tertiary/aromatic N) is 2. The normalized spacial score (nSPS) is 25.3. The molecule has 0 aromatic carbocycles. The predicted molar refractivity (Wildman–Crippen MR) is 62.8 cm³/mol. The number of ether oxygens (including phenoxy) is 1. The molecule has 2 heterocycles. The van der Waals surface area contributed by atoms with Gasteiger partial charge in [-0.1, -0.05) is 0 Å². The third-order valence-electron chi connectivity index (χ3n) is 3.27. The summed E-state index contributed by atoms with van der Waals surface area (Å²) in [6, 6.07) is 0. The second-order valence-electron chi connectivity index (χ2n) is 4.60. The van der Waals surface area contributed by atoms with Crippen LogP contribution in [0.3, 0.4) is 0 Å².